The molecular formula is C12H16BrNO2. The first kappa shape index (κ1) is 11.7. The molecule has 0 aromatic heterocycles. The van der Waals surface area contributed by atoms with Crippen molar-refractivity contribution in [3.63, 3.8) is 0 Å². The molecule has 1 saturated carbocycles. The summed E-state index contributed by atoms with van der Waals surface area (Å²) in [6.07, 6.45) is 3.28. The number of ether oxygens (including phenoxy) is 1. The SMILES string of the molecule is COc1cc(Br)c(CC2(CN)CC2)cc1O. The van der Waals surface area contributed by atoms with E-state index in [1.54, 1.807) is 19.2 Å². The second-order valence-electron chi connectivity index (χ2n) is 4.50. The fourth-order valence-corrected chi connectivity index (χ4v) is 2.38. The first-order chi connectivity index (χ1) is 7.60. The fraction of sp³-hybridized carbons (Fsp3) is 0.500. The van der Waals surface area contributed by atoms with E-state index in [-0.39, 0.29) is 11.2 Å². The Labute approximate surface area is 104 Å². The van der Waals surface area contributed by atoms with Crippen LogP contribution in [0, 0.1) is 5.41 Å². The second-order valence-corrected chi connectivity index (χ2v) is 5.35. The number of nitrogens with two attached hydrogens (primary N) is 1. The lowest BCUT2D eigenvalue weighted by Crippen LogP contribution is -2.18. The Kier molecular flexibility index (Phi) is 3.13. The van der Waals surface area contributed by atoms with Gasteiger partial charge in [0.15, 0.2) is 11.5 Å². The van der Waals surface area contributed by atoms with Gasteiger partial charge in [0.1, 0.15) is 0 Å². The van der Waals surface area contributed by atoms with Gasteiger partial charge in [-0.3, -0.25) is 0 Å². The van der Waals surface area contributed by atoms with Crippen LogP contribution >= 0.6 is 15.9 Å². The van der Waals surface area contributed by atoms with E-state index in [1.165, 1.54) is 12.8 Å². The lowest BCUT2D eigenvalue weighted by Gasteiger charge is -2.15. The van der Waals surface area contributed by atoms with Gasteiger partial charge in [0.2, 0.25) is 0 Å². The van der Waals surface area contributed by atoms with E-state index >= 15 is 0 Å². The zero-order valence-electron chi connectivity index (χ0n) is 9.29. The Morgan fingerprint density at radius 2 is 2.19 bits per heavy atom. The standard InChI is InChI=1S/C12H16BrNO2/c1-16-11-5-9(13)8(4-10(11)15)6-12(7-14)2-3-12/h4-5,15H,2-3,6-7,14H2,1H3. The summed E-state index contributed by atoms with van der Waals surface area (Å²) in [6, 6.07) is 3.57. The van der Waals surface area contributed by atoms with Crippen molar-refractivity contribution in [2.24, 2.45) is 11.1 Å². The van der Waals surface area contributed by atoms with Crippen molar-refractivity contribution < 1.29 is 9.84 Å². The maximum absolute atomic E-state index is 9.73. The molecule has 0 radical (unpaired) electrons. The van der Waals surface area contributed by atoms with Crippen molar-refractivity contribution in [1.82, 2.24) is 0 Å². The van der Waals surface area contributed by atoms with Gasteiger partial charge in [-0.2, -0.15) is 0 Å². The minimum Gasteiger partial charge on any atom is -0.504 e. The molecule has 0 aliphatic heterocycles. The van der Waals surface area contributed by atoms with Gasteiger partial charge in [0, 0.05) is 4.47 Å². The third kappa shape index (κ3) is 2.18. The number of rotatable bonds is 4. The van der Waals surface area contributed by atoms with Gasteiger partial charge < -0.3 is 15.6 Å². The van der Waals surface area contributed by atoms with Crippen LogP contribution in [0.25, 0.3) is 0 Å². The quantitative estimate of drug-likeness (QED) is 0.894. The molecule has 0 unspecified atom stereocenters. The first-order valence-corrected chi connectivity index (χ1v) is 6.15. The molecule has 16 heavy (non-hydrogen) atoms. The van der Waals surface area contributed by atoms with Crippen LogP contribution in [0.2, 0.25) is 0 Å². The van der Waals surface area contributed by atoms with Crippen molar-refractivity contribution in [3.05, 3.63) is 22.2 Å². The van der Waals surface area contributed by atoms with E-state index in [0.717, 1.165) is 16.5 Å². The molecule has 0 amide bonds. The average molecular weight is 286 g/mol. The molecule has 1 aliphatic carbocycles. The summed E-state index contributed by atoms with van der Waals surface area (Å²) in [7, 11) is 1.55. The highest BCUT2D eigenvalue weighted by Crippen LogP contribution is 2.49. The van der Waals surface area contributed by atoms with E-state index in [0.29, 0.717) is 12.3 Å². The Bertz CT molecular complexity index is 402. The minimum atomic E-state index is 0.188. The number of hydrogen-bond acceptors (Lipinski definition) is 3. The predicted molar refractivity (Wildman–Crippen MR) is 66.8 cm³/mol. The molecule has 1 fully saturated rings. The Morgan fingerprint density at radius 1 is 1.50 bits per heavy atom. The van der Waals surface area contributed by atoms with Gasteiger partial charge in [-0.25, -0.2) is 0 Å². The average Bonchev–Trinajstić information content (AvgIpc) is 3.03. The van der Waals surface area contributed by atoms with Crippen LogP contribution in [0.15, 0.2) is 16.6 Å². The summed E-state index contributed by atoms with van der Waals surface area (Å²) in [4.78, 5) is 0. The molecule has 0 bridgehead atoms. The van der Waals surface area contributed by atoms with Crippen molar-refractivity contribution in [1.29, 1.82) is 0 Å². The van der Waals surface area contributed by atoms with E-state index in [4.69, 9.17) is 10.5 Å². The number of halogens is 1. The van der Waals surface area contributed by atoms with E-state index in [1.807, 2.05) is 0 Å². The third-order valence-corrected chi connectivity index (χ3v) is 4.04. The smallest absolute Gasteiger partial charge is 0.161 e. The summed E-state index contributed by atoms with van der Waals surface area (Å²) in [5.74, 6) is 0.682. The van der Waals surface area contributed by atoms with Crippen molar-refractivity contribution >= 4 is 15.9 Å². The second kappa shape index (κ2) is 4.26. The third-order valence-electron chi connectivity index (χ3n) is 3.30. The Morgan fingerprint density at radius 3 is 2.69 bits per heavy atom. The van der Waals surface area contributed by atoms with Crippen molar-refractivity contribution in [2.45, 2.75) is 19.3 Å². The largest absolute Gasteiger partial charge is 0.504 e. The Hall–Kier alpha value is -0.740. The van der Waals surface area contributed by atoms with Gasteiger partial charge in [-0.05, 0) is 48.9 Å². The van der Waals surface area contributed by atoms with Crippen LogP contribution in [0.4, 0.5) is 0 Å². The molecule has 4 heteroatoms. The molecule has 3 nitrogen and oxygen atoms in total. The molecule has 88 valence electrons. The summed E-state index contributed by atoms with van der Waals surface area (Å²) in [5, 5.41) is 9.73. The van der Waals surface area contributed by atoms with E-state index < -0.39 is 0 Å². The Balaban J connectivity index is 2.25. The number of aromatic hydroxyl groups is 1. The highest BCUT2D eigenvalue weighted by atomic mass is 79.9. The maximum Gasteiger partial charge on any atom is 0.161 e. The van der Waals surface area contributed by atoms with Gasteiger partial charge in [-0.15, -0.1) is 0 Å². The monoisotopic (exact) mass is 285 g/mol. The van der Waals surface area contributed by atoms with Crippen LogP contribution in [0.1, 0.15) is 18.4 Å². The summed E-state index contributed by atoms with van der Waals surface area (Å²) in [6.45, 7) is 0.715. The van der Waals surface area contributed by atoms with Gasteiger partial charge in [0.25, 0.3) is 0 Å². The molecule has 1 aromatic carbocycles. The number of hydrogen-bond donors (Lipinski definition) is 2. The molecule has 0 spiro atoms. The van der Waals surface area contributed by atoms with Crippen molar-refractivity contribution in [3.8, 4) is 11.5 Å². The summed E-state index contributed by atoms with van der Waals surface area (Å²) >= 11 is 3.50. The zero-order chi connectivity index (χ0) is 11.8. The number of methoxy groups -OCH3 is 1. The summed E-state index contributed by atoms with van der Waals surface area (Å²) < 4.78 is 6.02. The van der Waals surface area contributed by atoms with Gasteiger partial charge >= 0.3 is 0 Å². The molecular weight excluding hydrogens is 270 g/mol. The molecule has 0 atom stereocenters. The maximum atomic E-state index is 9.73. The number of benzene rings is 1. The van der Waals surface area contributed by atoms with Crippen LogP contribution in [0.3, 0.4) is 0 Å². The van der Waals surface area contributed by atoms with E-state index in [2.05, 4.69) is 15.9 Å². The lowest BCUT2D eigenvalue weighted by molar-refractivity contribution is 0.372. The normalized spacial score (nSPS) is 17.2. The lowest BCUT2D eigenvalue weighted by atomic mass is 9.96. The van der Waals surface area contributed by atoms with Crippen LogP contribution in [-0.2, 0) is 6.42 Å². The predicted octanol–water partition coefficient (Wildman–Crippen LogP) is 2.44. The summed E-state index contributed by atoms with van der Waals surface area (Å²) in [5.41, 5.74) is 7.12. The zero-order valence-corrected chi connectivity index (χ0v) is 10.9. The molecule has 1 aromatic rings. The fourth-order valence-electron chi connectivity index (χ4n) is 1.92. The topological polar surface area (TPSA) is 55.5 Å². The first-order valence-electron chi connectivity index (χ1n) is 5.36. The van der Waals surface area contributed by atoms with Crippen molar-refractivity contribution in [2.75, 3.05) is 13.7 Å². The van der Waals surface area contributed by atoms with Gasteiger partial charge in [-0.1, -0.05) is 15.9 Å². The molecule has 0 heterocycles. The van der Waals surface area contributed by atoms with Gasteiger partial charge in [0.05, 0.1) is 7.11 Å². The van der Waals surface area contributed by atoms with Crippen LogP contribution in [-0.4, -0.2) is 18.8 Å². The van der Waals surface area contributed by atoms with Crippen LogP contribution < -0.4 is 10.5 Å². The molecule has 1 aliphatic rings. The van der Waals surface area contributed by atoms with E-state index in [9.17, 15) is 5.11 Å². The highest BCUT2D eigenvalue weighted by Gasteiger charge is 2.41. The molecule has 0 saturated heterocycles. The number of phenols is 1. The van der Waals surface area contributed by atoms with Crippen LogP contribution in [0.5, 0.6) is 11.5 Å². The highest BCUT2D eigenvalue weighted by molar-refractivity contribution is 9.10. The number of phenolic OH excluding ortho intramolecular Hbond substituents is 1. The molecule has 2 rings (SSSR count). The molecule has 3 N–H and O–H groups in total. The minimum absolute atomic E-state index is 0.188.